The van der Waals surface area contributed by atoms with Crippen LogP contribution in [0.4, 0.5) is 0 Å². The van der Waals surface area contributed by atoms with Gasteiger partial charge in [0.2, 0.25) is 0 Å². The molecule has 3 atom stereocenters. The molecule has 0 heterocycles. The van der Waals surface area contributed by atoms with Crippen molar-refractivity contribution in [3.63, 3.8) is 0 Å². The lowest BCUT2D eigenvalue weighted by molar-refractivity contribution is 0.153. The first-order valence-electron chi connectivity index (χ1n) is 5.87. The fraction of sp³-hybridized carbons (Fsp3) is 0.600. The van der Waals surface area contributed by atoms with E-state index in [2.05, 4.69) is 46.6 Å². The van der Waals surface area contributed by atoms with Crippen LogP contribution in [0.1, 0.15) is 40.0 Å². The fourth-order valence-corrected chi connectivity index (χ4v) is 3.15. The van der Waals surface area contributed by atoms with Crippen molar-refractivity contribution < 1.29 is 0 Å². The third-order valence-corrected chi connectivity index (χ3v) is 3.97. The van der Waals surface area contributed by atoms with E-state index in [1.165, 1.54) is 30.4 Å². The third-order valence-electron chi connectivity index (χ3n) is 3.97. The van der Waals surface area contributed by atoms with Gasteiger partial charge in [-0.05, 0) is 43.9 Å². The molecule has 1 aliphatic rings. The molecule has 0 aromatic heterocycles. The molecule has 0 amide bonds. The van der Waals surface area contributed by atoms with Gasteiger partial charge in [-0.2, -0.15) is 0 Å². The first kappa shape index (κ1) is 12.3. The predicted octanol–water partition coefficient (Wildman–Crippen LogP) is 4.75. The van der Waals surface area contributed by atoms with Crippen molar-refractivity contribution in [3.05, 3.63) is 37.0 Å². The summed E-state index contributed by atoms with van der Waals surface area (Å²) in [6.07, 6.45) is 5.90. The van der Waals surface area contributed by atoms with Gasteiger partial charge in [0.1, 0.15) is 0 Å². The maximum Gasteiger partial charge on any atom is -0.00548 e. The molecule has 1 rings (SSSR count). The van der Waals surface area contributed by atoms with E-state index in [4.69, 9.17) is 0 Å². The van der Waals surface area contributed by atoms with Crippen molar-refractivity contribution >= 4 is 0 Å². The van der Waals surface area contributed by atoms with Crippen molar-refractivity contribution in [3.8, 4) is 0 Å². The zero-order chi connectivity index (χ0) is 11.6. The average Bonchev–Trinajstić information content (AvgIpc) is 2.16. The van der Waals surface area contributed by atoms with E-state index in [1.54, 1.807) is 0 Å². The van der Waals surface area contributed by atoms with Gasteiger partial charge in [-0.15, -0.1) is 6.58 Å². The Morgan fingerprint density at radius 3 is 2.27 bits per heavy atom. The van der Waals surface area contributed by atoms with Crippen LogP contribution in [-0.2, 0) is 0 Å². The maximum absolute atomic E-state index is 4.17. The average molecular weight is 204 g/mol. The van der Waals surface area contributed by atoms with Gasteiger partial charge >= 0.3 is 0 Å². The van der Waals surface area contributed by atoms with Gasteiger partial charge in [0, 0.05) is 0 Å². The fourth-order valence-electron chi connectivity index (χ4n) is 3.15. The lowest BCUT2D eigenvalue weighted by atomic mass is 9.59. The third kappa shape index (κ3) is 2.25. The largest absolute Gasteiger partial charge is 0.103 e. The highest BCUT2D eigenvalue weighted by atomic mass is 14.4. The van der Waals surface area contributed by atoms with E-state index in [-0.39, 0.29) is 5.41 Å². The van der Waals surface area contributed by atoms with Crippen LogP contribution in [-0.4, -0.2) is 0 Å². The van der Waals surface area contributed by atoms with Gasteiger partial charge in [0.25, 0.3) is 0 Å². The minimum absolute atomic E-state index is 0.216. The molecule has 1 saturated carbocycles. The van der Waals surface area contributed by atoms with E-state index < -0.39 is 0 Å². The summed E-state index contributed by atoms with van der Waals surface area (Å²) in [4.78, 5) is 0. The number of rotatable bonds is 3. The van der Waals surface area contributed by atoms with Crippen LogP contribution in [0.5, 0.6) is 0 Å². The molecule has 0 bridgehead atoms. The minimum atomic E-state index is 0.216. The molecular weight excluding hydrogens is 180 g/mol. The van der Waals surface area contributed by atoms with E-state index in [1.807, 2.05) is 0 Å². The highest BCUT2D eigenvalue weighted by Crippen LogP contribution is 2.50. The summed E-state index contributed by atoms with van der Waals surface area (Å²) < 4.78 is 0. The van der Waals surface area contributed by atoms with E-state index >= 15 is 0 Å². The molecule has 0 aromatic carbocycles. The normalized spacial score (nSPS) is 35.9. The second-order valence-corrected chi connectivity index (χ2v) is 5.38. The molecule has 0 aromatic rings. The molecule has 3 unspecified atom stereocenters. The SMILES string of the molecule is C=CC1(C)CCCC(C(=C)C)C1C(=C)C. The smallest absolute Gasteiger partial charge is 0.00548 e. The van der Waals surface area contributed by atoms with E-state index in [0.29, 0.717) is 11.8 Å². The highest BCUT2D eigenvalue weighted by Gasteiger charge is 2.40. The first-order chi connectivity index (χ1) is 6.92. The summed E-state index contributed by atoms with van der Waals surface area (Å²) in [5.74, 6) is 1.13. The maximum atomic E-state index is 4.17. The van der Waals surface area contributed by atoms with Crippen molar-refractivity contribution in [1.82, 2.24) is 0 Å². The van der Waals surface area contributed by atoms with Gasteiger partial charge in [0.05, 0.1) is 0 Å². The van der Waals surface area contributed by atoms with Crippen molar-refractivity contribution in [2.24, 2.45) is 17.3 Å². The Hall–Kier alpha value is -0.780. The zero-order valence-corrected chi connectivity index (χ0v) is 10.5. The Labute approximate surface area is 94.8 Å². The van der Waals surface area contributed by atoms with E-state index in [0.717, 1.165) is 0 Å². The Kier molecular flexibility index (Phi) is 3.59. The second-order valence-electron chi connectivity index (χ2n) is 5.38. The van der Waals surface area contributed by atoms with Crippen molar-refractivity contribution in [1.29, 1.82) is 0 Å². The summed E-state index contributed by atoms with van der Waals surface area (Å²) in [6.45, 7) is 18.9. The Bertz CT molecular complexity index is 284. The molecule has 0 saturated heterocycles. The van der Waals surface area contributed by atoms with E-state index in [9.17, 15) is 0 Å². The first-order valence-corrected chi connectivity index (χ1v) is 5.87. The number of hydrogen-bond acceptors (Lipinski definition) is 0. The molecule has 84 valence electrons. The molecule has 15 heavy (non-hydrogen) atoms. The van der Waals surface area contributed by atoms with Crippen LogP contribution in [0.15, 0.2) is 37.0 Å². The van der Waals surface area contributed by atoms with Gasteiger partial charge in [-0.25, -0.2) is 0 Å². The molecule has 1 aliphatic carbocycles. The lowest BCUT2D eigenvalue weighted by Crippen LogP contribution is -2.36. The van der Waals surface area contributed by atoms with Gasteiger partial charge in [-0.3, -0.25) is 0 Å². The molecule has 0 radical (unpaired) electrons. The highest BCUT2D eigenvalue weighted by molar-refractivity contribution is 5.18. The molecule has 0 N–H and O–H groups in total. The van der Waals surface area contributed by atoms with Crippen molar-refractivity contribution in [2.45, 2.75) is 40.0 Å². The van der Waals surface area contributed by atoms with Crippen LogP contribution in [0, 0.1) is 17.3 Å². The molecule has 0 heteroatoms. The topological polar surface area (TPSA) is 0 Å². The van der Waals surface area contributed by atoms with Gasteiger partial charge in [0.15, 0.2) is 0 Å². The quantitative estimate of drug-likeness (QED) is 0.582. The Morgan fingerprint density at radius 1 is 1.27 bits per heavy atom. The summed E-state index contributed by atoms with van der Waals surface area (Å²) in [5.41, 5.74) is 2.80. The number of allylic oxidation sites excluding steroid dienone is 3. The van der Waals surface area contributed by atoms with Crippen LogP contribution >= 0.6 is 0 Å². The standard InChI is InChI=1S/C15H24/c1-7-15(6)10-8-9-13(11(2)3)14(15)12(4)5/h7,13-14H,1-2,4,8-10H2,3,5-6H3. The summed E-state index contributed by atoms with van der Waals surface area (Å²) >= 11 is 0. The Balaban J connectivity index is 3.06. The minimum Gasteiger partial charge on any atom is -0.103 e. The molecule has 0 spiro atoms. The molecule has 0 nitrogen and oxygen atoms in total. The Morgan fingerprint density at radius 2 is 1.87 bits per heavy atom. The predicted molar refractivity (Wildman–Crippen MR) is 68.8 cm³/mol. The van der Waals surface area contributed by atoms with Crippen LogP contribution in [0.25, 0.3) is 0 Å². The lowest BCUT2D eigenvalue weighted by Gasteiger charge is -2.45. The van der Waals surface area contributed by atoms with Gasteiger partial charge in [-0.1, -0.05) is 43.7 Å². The van der Waals surface area contributed by atoms with Crippen LogP contribution < -0.4 is 0 Å². The van der Waals surface area contributed by atoms with Crippen LogP contribution in [0.2, 0.25) is 0 Å². The monoisotopic (exact) mass is 204 g/mol. The summed E-state index contributed by atoms with van der Waals surface area (Å²) in [7, 11) is 0. The summed E-state index contributed by atoms with van der Waals surface area (Å²) in [6, 6.07) is 0. The molecular formula is C15H24. The van der Waals surface area contributed by atoms with Crippen LogP contribution in [0.3, 0.4) is 0 Å². The zero-order valence-electron chi connectivity index (χ0n) is 10.5. The molecule has 1 fully saturated rings. The summed E-state index contributed by atoms with van der Waals surface area (Å²) in [5, 5.41) is 0. The number of hydrogen-bond donors (Lipinski definition) is 0. The van der Waals surface area contributed by atoms with Gasteiger partial charge < -0.3 is 0 Å². The second kappa shape index (κ2) is 4.38. The van der Waals surface area contributed by atoms with Crippen molar-refractivity contribution in [2.75, 3.05) is 0 Å². The molecule has 0 aliphatic heterocycles.